The van der Waals surface area contributed by atoms with Crippen molar-refractivity contribution in [3.8, 4) is 11.8 Å². The first-order valence-corrected chi connectivity index (χ1v) is 9.49. The van der Waals surface area contributed by atoms with Crippen molar-refractivity contribution in [2.45, 2.75) is 71.0 Å². The van der Waals surface area contributed by atoms with Crippen molar-refractivity contribution in [1.82, 2.24) is 19.6 Å². The fourth-order valence-corrected chi connectivity index (χ4v) is 3.92. The average Bonchev–Trinajstić information content (AvgIpc) is 3.04. The molecule has 0 atom stereocenters. The Kier molecular flexibility index (Phi) is 5.31. The van der Waals surface area contributed by atoms with Crippen LogP contribution in [0, 0.1) is 24.7 Å². The number of fused-ring (bicyclic) bond motifs is 1. The van der Waals surface area contributed by atoms with E-state index in [0.717, 1.165) is 19.3 Å². The molecular weight excluding hydrogens is 358 g/mol. The Morgan fingerprint density at radius 3 is 2.79 bits per heavy atom. The number of rotatable bonds is 3. The third-order valence-corrected chi connectivity index (χ3v) is 5.20. The van der Waals surface area contributed by atoms with Gasteiger partial charge in [-0.25, -0.2) is 4.98 Å². The number of aliphatic hydroxyl groups is 1. The first-order chi connectivity index (χ1) is 13.1. The first-order valence-electron chi connectivity index (χ1n) is 9.49. The lowest BCUT2D eigenvalue weighted by Gasteiger charge is -2.36. The number of hydrogen-bond acceptors (Lipinski definition) is 7. The summed E-state index contributed by atoms with van der Waals surface area (Å²) >= 11 is 0. The molecule has 1 aliphatic rings. The maximum atomic E-state index is 11.2. The Balaban J connectivity index is 1.70. The van der Waals surface area contributed by atoms with Gasteiger partial charge < -0.3 is 15.6 Å². The van der Waals surface area contributed by atoms with Crippen molar-refractivity contribution in [2.75, 3.05) is 5.73 Å². The molecular formula is C20H27N5O3. The third kappa shape index (κ3) is 4.42. The lowest BCUT2D eigenvalue weighted by molar-refractivity contribution is -0.155. The van der Waals surface area contributed by atoms with Crippen LogP contribution in [0.4, 0.5) is 5.82 Å². The number of nitrogen functional groups attached to an aromatic ring is 1. The van der Waals surface area contributed by atoms with Gasteiger partial charge in [0.25, 0.3) is 5.78 Å². The number of nitrogens with two attached hydrogens (primary N) is 1. The molecule has 8 heteroatoms. The van der Waals surface area contributed by atoms with Gasteiger partial charge in [-0.15, -0.1) is 0 Å². The second-order valence-corrected chi connectivity index (χ2v) is 8.21. The van der Waals surface area contributed by atoms with Crippen LogP contribution < -0.4 is 5.73 Å². The summed E-state index contributed by atoms with van der Waals surface area (Å²) < 4.78 is 6.83. The van der Waals surface area contributed by atoms with Gasteiger partial charge in [-0.3, -0.25) is 4.79 Å². The molecule has 2 heterocycles. The van der Waals surface area contributed by atoms with Gasteiger partial charge in [0.15, 0.2) is 0 Å². The predicted molar refractivity (Wildman–Crippen MR) is 104 cm³/mol. The van der Waals surface area contributed by atoms with Crippen LogP contribution in [0.5, 0.6) is 0 Å². The monoisotopic (exact) mass is 385 g/mol. The summed E-state index contributed by atoms with van der Waals surface area (Å²) in [4.78, 5) is 19.6. The van der Waals surface area contributed by atoms with E-state index in [2.05, 4.69) is 26.9 Å². The quantitative estimate of drug-likeness (QED) is 0.613. The highest BCUT2D eigenvalue weighted by molar-refractivity contribution is 5.66. The maximum absolute atomic E-state index is 11.2. The molecule has 1 aliphatic carbocycles. The molecule has 3 rings (SSSR count). The van der Waals surface area contributed by atoms with Crippen LogP contribution in [0.3, 0.4) is 0 Å². The smallest absolute Gasteiger partial charge is 0.303 e. The van der Waals surface area contributed by atoms with E-state index in [4.69, 9.17) is 10.5 Å². The Morgan fingerprint density at radius 1 is 1.46 bits per heavy atom. The van der Waals surface area contributed by atoms with Crippen LogP contribution in [0.25, 0.3) is 5.78 Å². The highest BCUT2D eigenvalue weighted by Crippen LogP contribution is 2.37. The van der Waals surface area contributed by atoms with Crippen LogP contribution in [0.1, 0.15) is 64.1 Å². The highest BCUT2D eigenvalue weighted by Gasteiger charge is 2.35. The normalized spacial score (nSPS) is 22.5. The lowest BCUT2D eigenvalue weighted by Crippen LogP contribution is -2.36. The number of carbonyl (C=O) groups is 1. The molecule has 0 bridgehead atoms. The van der Waals surface area contributed by atoms with E-state index in [1.54, 1.807) is 0 Å². The minimum absolute atomic E-state index is 0.269. The molecule has 28 heavy (non-hydrogen) atoms. The largest absolute Gasteiger partial charge is 0.460 e. The zero-order valence-corrected chi connectivity index (χ0v) is 16.8. The van der Waals surface area contributed by atoms with Crippen molar-refractivity contribution in [1.29, 1.82) is 0 Å². The van der Waals surface area contributed by atoms with Crippen LogP contribution in [-0.4, -0.2) is 41.9 Å². The Bertz CT molecular complexity index is 946. The van der Waals surface area contributed by atoms with Crippen LogP contribution >= 0.6 is 0 Å². The minimum atomic E-state index is -1.06. The number of anilines is 1. The van der Waals surface area contributed by atoms with E-state index in [1.165, 1.54) is 17.8 Å². The molecule has 3 N–H and O–H groups in total. The topological polar surface area (TPSA) is 116 Å². The Labute approximate surface area is 164 Å². The number of carbonyl (C=O) groups excluding carboxylic acids is 1. The zero-order valence-electron chi connectivity index (χ0n) is 16.8. The zero-order chi connectivity index (χ0) is 20.5. The number of aryl methyl sites for hydroxylation is 1. The fourth-order valence-electron chi connectivity index (χ4n) is 3.92. The van der Waals surface area contributed by atoms with Crippen molar-refractivity contribution < 1.29 is 14.6 Å². The van der Waals surface area contributed by atoms with Gasteiger partial charge in [0.1, 0.15) is 23.3 Å². The summed E-state index contributed by atoms with van der Waals surface area (Å²) in [5, 5.41) is 14.9. The first kappa shape index (κ1) is 20.1. The number of nitrogens with zero attached hydrogens (tertiary/aromatic N) is 4. The standard InChI is InChI=1S/C20H27N5O3/c1-13-16(17(21)25-18(24-13)22-12-23-25)7-10-20(27)8-5-15(6-9-20)11-19(3,4)28-14(2)26/h12,15,27H,5-6,8-9,11,21H2,1-4H3. The minimum Gasteiger partial charge on any atom is -0.460 e. The van der Waals surface area contributed by atoms with Gasteiger partial charge in [-0.1, -0.05) is 11.8 Å². The fraction of sp³-hybridized carbons (Fsp3) is 0.600. The summed E-state index contributed by atoms with van der Waals surface area (Å²) in [7, 11) is 0. The molecule has 2 aromatic rings. The van der Waals surface area contributed by atoms with E-state index in [0.29, 0.717) is 41.6 Å². The van der Waals surface area contributed by atoms with Gasteiger partial charge in [0.2, 0.25) is 0 Å². The molecule has 8 nitrogen and oxygen atoms in total. The van der Waals surface area contributed by atoms with Crippen molar-refractivity contribution in [2.24, 2.45) is 5.92 Å². The van der Waals surface area contributed by atoms with Gasteiger partial charge in [-0.2, -0.15) is 14.6 Å². The summed E-state index contributed by atoms with van der Waals surface area (Å²) in [5.41, 5.74) is 5.81. The van der Waals surface area contributed by atoms with E-state index in [9.17, 15) is 9.90 Å². The molecule has 0 amide bonds. The van der Waals surface area contributed by atoms with Gasteiger partial charge in [0.05, 0.1) is 11.3 Å². The third-order valence-electron chi connectivity index (χ3n) is 5.20. The Morgan fingerprint density at radius 2 is 2.14 bits per heavy atom. The summed E-state index contributed by atoms with van der Waals surface area (Å²) in [6.07, 6.45) is 4.95. The second kappa shape index (κ2) is 7.40. The highest BCUT2D eigenvalue weighted by atomic mass is 16.6. The van der Waals surface area contributed by atoms with Crippen molar-refractivity contribution >= 4 is 17.6 Å². The molecule has 1 saturated carbocycles. The molecule has 0 radical (unpaired) electrons. The van der Waals surface area contributed by atoms with E-state index >= 15 is 0 Å². The molecule has 150 valence electrons. The van der Waals surface area contributed by atoms with E-state index < -0.39 is 11.2 Å². The lowest BCUT2D eigenvalue weighted by atomic mass is 9.75. The summed E-state index contributed by atoms with van der Waals surface area (Å²) in [6.45, 7) is 7.09. The van der Waals surface area contributed by atoms with Gasteiger partial charge >= 0.3 is 5.97 Å². The van der Waals surface area contributed by atoms with E-state index in [1.807, 2.05) is 20.8 Å². The number of esters is 1. The predicted octanol–water partition coefficient (Wildman–Crippen LogP) is 2.02. The van der Waals surface area contributed by atoms with E-state index in [-0.39, 0.29) is 5.97 Å². The van der Waals surface area contributed by atoms with Gasteiger partial charge in [0, 0.05) is 6.92 Å². The van der Waals surface area contributed by atoms with Crippen molar-refractivity contribution in [3.05, 3.63) is 17.6 Å². The van der Waals surface area contributed by atoms with Crippen molar-refractivity contribution in [3.63, 3.8) is 0 Å². The molecule has 1 fully saturated rings. The number of aromatic nitrogens is 4. The second-order valence-electron chi connectivity index (χ2n) is 8.21. The molecule has 0 saturated heterocycles. The SMILES string of the molecule is CC(=O)OC(C)(C)CC1CCC(O)(C#Cc2c(C)nc3ncnn3c2N)CC1. The molecule has 0 unspecified atom stereocenters. The molecule has 2 aromatic heterocycles. The van der Waals surface area contributed by atoms with Gasteiger partial charge in [-0.05, 0) is 58.8 Å². The number of ether oxygens (including phenoxy) is 1. The Hall–Kier alpha value is -2.66. The average molecular weight is 385 g/mol. The van der Waals surface area contributed by atoms with Crippen LogP contribution in [0.2, 0.25) is 0 Å². The molecule has 0 aromatic carbocycles. The molecule has 0 spiro atoms. The van der Waals surface area contributed by atoms with Crippen LogP contribution in [0.15, 0.2) is 6.33 Å². The molecule has 0 aliphatic heterocycles. The summed E-state index contributed by atoms with van der Waals surface area (Å²) in [6, 6.07) is 0. The number of hydrogen-bond donors (Lipinski definition) is 2. The maximum Gasteiger partial charge on any atom is 0.303 e. The summed E-state index contributed by atoms with van der Waals surface area (Å²) in [5.74, 6) is 6.93. The van der Waals surface area contributed by atoms with Crippen LogP contribution in [-0.2, 0) is 9.53 Å².